The number of hydrogen-bond donors (Lipinski definition) is 1. The molecule has 0 bridgehead atoms. The van der Waals surface area contributed by atoms with E-state index in [1.807, 2.05) is 38.1 Å². The standard InChI is InChI=1S/C25H27N3O5S/c1-18-8-11-22(12-9-18)34(30,31)28(21-10-13-23(32-3)24(15-21)33-4)17-25(29)27-26-16-20-7-5-6-19(2)14-20/h5-16H,17H2,1-4H3,(H,27,29)/b26-16-. The van der Waals surface area contributed by atoms with Gasteiger partial charge in [-0.3, -0.25) is 9.10 Å². The van der Waals surface area contributed by atoms with Gasteiger partial charge in [-0.25, -0.2) is 13.8 Å². The first-order valence-corrected chi connectivity index (χ1v) is 11.9. The Balaban J connectivity index is 1.91. The number of rotatable bonds is 9. The predicted molar refractivity (Wildman–Crippen MR) is 132 cm³/mol. The third-order valence-electron chi connectivity index (χ3n) is 5.00. The van der Waals surface area contributed by atoms with Crippen molar-refractivity contribution in [2.75, 3.05) is 25.1 Å². The predicted octanol–water partition coefficient (Wildman–Crippen LogP) is 3.67. The number of carbonyl (C=O) groups is 1. The van der Waals surface area contributed by atoms with E-state index in [0.29, 0.717) is 11.5 Å². The maximum absolute atomic E-state index is 13.5. The average Bonchev–Trinajstić information content (AvgIpc) is 2.82. The number of aryl methyl sites for hydroxylation is 2. The lowest BCUT2D eigenvalue weighted by atomic mass is 10.2. The lowest BCUT2D eigenvalue weighted by Crippen LogP contribution is -2.39. The maximum atomic E-state index is 13.5. The molecule has 3 aromatic carbocycles. The van der Waals surface area contributed by atoms with Crippen molar-refractivity contribution in [3.05, 3.63) is 83.4 Å². The van der Waals surface area contributed by atoms with Gasteiger partial charge in [0, 0.05) is 6.07 Å². The van der Waals surface area contributed by atoms with Gasteiger partial charge in [-0.2, -0.15) is 5.10 Å². The Kier molecular flexibility index (Phi) is 7.91. The minimum absolute atomic E-state index is 0.0592. The largest absolute Gasteiger partial charge is 0.493 e. The van der Waals surface area contributed by atoms with E-state index in [1.54, 1.807) is 24.3 Å². The topological polar surface area (TPSA) is 97.3 Å². The third kappa shape index (κ3) is 5.93. The minimum atomic E-state index is -4.07. The van der Waals surface area contributed by atoms with Crippen molar-refractivity contribution in [2.24, 2.45) is 5.10 Å². The van der Waals surface area contributed by atoms with Crippen LogP contribution in [0.3, 0.4) is 0 Å². The molecule has 34 heavy (non-hydrogen) atoms. The summed E-state index contributed by atoms with van der Waals surface area (Å²) in [6, 6.07) is 18.6. The zero-order chi connectivity index (χ0) is 24.7. The monoisotopic (exact) mass is 481 g/mol. The molecule has 0 aromatic heterocycles. The first-order chi connectivity index (χ1) is 16.2. The van der Waals surface area contributed by atoms with E-state index in [9.17, 15) is 13.2 Å². The second-order valence-corrected chi connectivity index (χ2v) is 9.43. The summed E-state index contributed by atoms with van der Waals surface area (Å²) in [5.41, 5.74) is 5.43. The van der Waals surface area contributed by atoms with Crippen LogP contribution in [0.1, 0.15) is 16.7 Å². The van der Waals surface area contributed by atoms with Crippen molar-refractivity contribution in [3.63, 3.8) is 0 Å². The number of sulfonamides is 1. The van der Waals surface area contributed by atoms with Crippen LogP contribution in [0.5, 0.6) is 11.5 Å². The molecule has 3 aromatic rings. The molecule has 3 rings (SSSR count). The van der Waals surface area contributed by atoms with E-state index in [1.165, 1.54) is 38.6 Å². The number of hydrogen-bond acceptors (Lipinski definition) is 6. The van der Waals surface area contributed by atoms with Crippen LogP contribution in [-0.2, 0) is 14.8 Å². The lowest BCUT2D eigenvalue weighted by molar-refractivity contribution is -0.119. The van der Waals surface area contributed by atoms with Gasteiger partial charge in [-0.05, 0) is 43.7 Å². The highest BCUT2D eigenvalue weighted by atomic mass is 32.2. The fraction of sp³-hybridized carbons (Fsp3) is 0.200. The Morgan fingerprint density at radius 3 is 2.29 bits per heavy atom. The molecule has 1 amide bonds. The highest BCUT2D eigenvalue weighted by Crippen LogP contribution is 2.33. The van der Waals surface area contributed by atoms with Crippen LogP contribution in [0.25, 0.3) is 0 Å². The van der Waals surface area contributed by atoms with Crippen molar-refractivity contribution in [1.29, 1.82) is 0 Å². The SMILES string of the molecule is COc1ccc(N(CC(=O)N/N=C\c2cccc(C)c2)S(=O)(=O)c2ccc(C)cc2)cc1OC. The zero-order valence-corrected chi connectivity index (χ0v) is 20.3. The van der Waals surface area contributed by atoms with Crippen LogP contribution < -0.4 is 19.2 Å². The quantitative estimate of drug-likeness (QED) is 0.372. The summed E-state index contributed by atoms with van der Waals surface area (Å²) in [6.45, 7) is 3.33. The Morgan fingerprint density at radius 2 is 1.65 bits per heavy atom. The number of methoxy groups -OCH3 is 2. The Labute approximate surface area is 199 Å². The van der Waals surface area contributed by atoms with Crippen LogP contribution >= 0.6 is 0 Å². The highest BCUT2D eigenvalue weighted by molar-refractivity contribution is 7.92. The van der Waals surface area contributed by atoms with E-state index < -0.39 is 22.5 Å². The summed E-state index contributed by atoms with van der Waals surface area (Å²) in [7, 11) is -1.13. The Morgan fingerprint density at radius 1 is 0.941 bits per heavy atom. The van der Waals surface area contributed by atoms with E-state index >= 15 is 0 Å². The molecule has 8 nitrogen and oxygen atoms in total. The Bertz CT molecular complexity index is 1290. The molecule has 0 saturated heterocycles. The summed E-state index contributed by atoms with van der Waals surface area (Å²) >= 11 is 0. The van der Waals surface area contributed by atoms with Crippen molar-refractivity contribution >= 4 is 27.8 Å². The third-order valence-corrected chi connectivity index (χ3v) is 6.78. The molecule has 0 heterocycles. The van der Waals surface area contributed by atoms with E-state index in [4.69, 9.17) is 9.47 Å². The molecule has 178 valence electrons. The number of hydrazone groups is 1. The first-order valence-electron chi connectivity index (χ1n) is 10.4. The molecule has 0 radical (unpaired) electrons. The zero-order valence-electron chi connectivity index (χ0n) is 19.5. The number of benzene rings is 3. The molecule has 0 aliphatic heterocycles. The molecule has 0 fully saturated rings. The number of anilines is 1. The fourth-order valence-electron chi connectivity index (χ4n) is 3.23. The van der Waals surface area contributed by atoms with Gasteiger partial charge in [0.2, 0.25) is 0 Å². The van der Waals surface area contributed by atoms with Crippen molar-refractivity contribution < 1.29 is 22.7 Å². The maximum Gasteiger partial charge on any atom is 0.264 e. The number of amides is 1. The van der Waals surface area contributed by atoms with Gasteiger partial charge in [0.05, 0.1) is 31.0 Å². The smallest absolute Gasteiger partial charge is 0.264 e. The summed E-state index contributed by atoms with van der Waals surface area (Å²) in [5.74, 6) is 0.169. The van der Waals surface area contributed by atoms with Gasteiger partial charge in [-0.1, -0.05) is 47.5 Å². The van der Waals surface area contributed by atoms with Gasteiger partial charge in [0.1, 0.15) is 6.54 Å². The molecule has 0 saturated carbocycles. The van der Waals surface area contributed by atoms with Gasteiger partial charge < -0.3 is 9.47 Å². The second kappa shape index (κ2) is 10.8. The van der Waals surface area contributed by atoms with Crippen LogP contribution in [0.2, 0.25) is 0 Å². The van der Waals surface area contributed by atoms with Gasteiger partial charge in [0.25, 0.3) is 15.9 Å². The molecule has 1 N–H and O–H groups in total. The average molecular weight is 482 g/mol. The molecular formula is C25H27N3O5S. The Hall–Kier alpha value is -3.85. The summed E-state index contributed by atoms with van der Waals surface area (Å²) in [6.07, 6.45) is 1.50. The van der Waals surface area contributed by atoms with Crippen molar-refractivity contribution in [3.8, 4) is 11.5 Å². The summed E-state index contributed by atoms with van der Waals surface area (Å²) < 4.78 is 38.6. The van der Waals surface area contributed by atoms with E-state index in [2.05, 4.69) is 10.5 Å². The van der Waals surface area contributed by atoms with Crippen LogP contribution in [0.15, 0.2) is 76.7 Å². The van der Waals surface area contributed by atoms with Crippen molar-refractivity contribution in [2.45, 2.75) is 18.7 Å². The van der Waals surface area contributed by atoms with Gasteiger partial charge in [-0.15, -0.1) is 0 Å². The van der Waals surface area contributed by atoms with E-state index in [0.717, 1.165) is 21.0 Å². The normalized spacial score (nSPS) is 11.3. The van der Waals surface area contributed by atoms with Crippen molar-refractivity contribution in [1.82, 2.24) is 5.43 Å². The summed E-state index contributed by atoms with van der Waals surface area (Å²) in [4.78, 5) is 12.8. The molecule has 9 heteroatoms. The van der Waals surface area contributed by atoms with Crippen LogP contribution in [0, 0.1) is 13.8 Å². The molecular weight excluding hydrogens is 454 g/mol. The minimum Gasteiger partial charge on any atom is -0.493 e. The van der Waals surface area contributed by atoms with Crippen LogP contribution in [-0.4, -0.2) is 41.3 Å². The van der Waals surface area contributed by atoms with Crippen LogP contribution in [0.4, 0.5) is 5.69 Å². The molecule has 0 spiro atoms. The fourth-order valence-corrected chi connectivity index (χ4v) is 4.64. The molecule has 0 aliphatic rings. The number of nitrogens with zero attached hydrogens (tertiary/aromatic N) is 2. The number of carbonyl (C=O) groups excluding carboxylic acids is 1. The van der Waals surface area contributed by atoms with Gasteiger partial charge in [0.15, 0.2) is 11.5 Å². The first kappa shape index (κ1) is 24.8. The summed E-state index contributed by atoms with van der Waals surface area (Å²) in [5, 5.41) is 3.97. The molecule has 0 atom stereocenters. The number of ether oxygens (including phenoxy) is 2. The highest BCUT2D eigenvalue weighted by Gasteiger charge is 2.28. The molecule has 0 aliphatic carbocycles. The van der Waals surface area contributed by atoms with Gasteiger partial charge >= 0.3 is 0 Å². The van der Waals surface area contributed by atoms with E-state index in [-0.39, 0.29) is 10.6 Å². The lowest BCUT2D eigenvalue weighted by Gasteiger charge is -2.24. The second-order valence-electron chi connectivity index (χ2n) is 7.57. The molecule has 0 unspecified atom stereocenters. The number of nitrogens with one attached hydrogen (secondary N) is 1.